The maximum atomic E-state index is 14.0. The molecule has 158 valence electrons. The summed E-state index contributed by atoms with van der Waals surface area (Å²) in [5.74, 6) is -1.14. The first-order chi connectivity index (χ1) is 14.2. The highest BCUT2D eigenvalue weighted by Gasteiger charge is 2.31. The fourth-order valence-electron chi connectivity index (χ4n) is 3.06. The molecule has 0 saturated carbocycles. The van der Waals surface area contributed by atoms with Gasteiger partial charge in [-0.1, -0.05) is 0 Å². The highest BCUT2D eigenvalue weighted by Crippen LogP contribution is 2.25. The van der Waals surface area contributed by atoms with Crippen molar-refractivity contribution in [3.8, 4) is 11.6 Å². The maximum Gasteiger partial charge on any atom is 0.302 e. The van der Waals surface area contributed by atoms with Crippen molar-refractivity contribution < 1.29 is 21.9 Å². The molecule has 0 spiro atoms. The zero-order valence-electron chi connectivity index (χ0n) is 15.7. The van der Waals surface area contributed by atoms with Gasteiger partial charge in [0.25, 0.3) is 5.56 Å². The number of pyridine rings is 1. The van der Waals surface area contributed by atoms with Gasteiger partial charge in [0.15, 0.2) is 0 Å². The summed E-state index contributed by atoms with van der Waals surface area (Å²) in [6.45, 7) is -0.247. The minimum atomic E-state index is -4.09. The molecule has 12 heteroatoms. The Labute approximate surface area is 170 Å². The Morgan fingerprint density at radius 3 is 2.80 bits per heavy atom. The monoisotopic (exact) mass is 437 g/mol. The van der Waals surface area contributed by atoms with Gasteiger partial charge in [-0.25, -0.2) is 13.8 Å². The van der Waals surface area contributed by atoms with Crippen molar-refractivity contribution in [3.05, 3.63) is 52.8 Å². The van der Waals surface area contributed by atoms with Crippen LogP contribution in [-0.4, -0.2) is 46.5 Å². The zero-order chi connectivity index (χ0) is 21.5. The number of fused-ring (bicyclic) bond motifs is 1. The number of rotatable bonds is 5. The van der Waals surface area contributed by atoms with Crippen LogP contribution in [0.4, 0.5) is 14.6 Å². The fraction of sp³-hybridized carbons (Fsp3) is 0.278. The number of aromatic nitrogens is 3. The van der Waals surface area contributed by atoms with Crippen molar-refractivity contribution in [2.75, 3.05) is 17.8 Å². The molecule has 30 heavy (non-hydrogen) atoms. The molecule has 1 N–H and O–H groups in total. The first-order valence-electron chi connectivity index (χ1n) is 8.94. The molecule has 1 atom stereocenters. The molecule has 0 unspecified atom stereocenters. The molecule has 2 aromatic heterocycles. The zero-order valence-corrected chi connectivity index (χ0v) is 16.6. The molecular formula is C18H17F2N5O4S. The Kier molecular flexibility index (Phi) is 5.12. The number of nitrogens with one attached hydrogen (secondary N) is 1. The van der Waals surface area contributed by atoms with Crippen LogP contribution in [0.3, 0.4) is 0 Å². The molecular weight excluding hydrogens is 420 g/mol. The minimum absolute atomic E-state index is 0.0231. The number of anilines is 1. The number of ether oxygens (including phenoxy) is 1. The predicted octanol–water partition coefficient (Wildman–Crippen LogP) is 1.96. The van der Waals surface area contributed by atoms with Gasteiger partial charge in [0.05, 0.1) is 17.2 Å². The Hall–Kier alpha value is -3.12. The van der Waals surface area contributed by atoms with Gasteiger partial charge in [0, 0.05) is 32.3 Å². The maximum absolute atomic E-state index is 14.0. The van der Waals surface area contributed by atoms with Crippen LogP contribution in [0.1, 0.15) is 6.42 Å². The van der Waals surface area contributed by atoms with Gasteiger partial charge in [0.1, 0.15) is 23.6 Å². The molecule has 0 aliphatic carbocycles. The number of hydrogen-bond donors (Lipinski definition) is 1. The van der Waals surface area contributed by atoms with Crippen molar-refractivity contribution in [1.82, 2.24) is 18.8 Å². The molecule has 0 amide bonds. The summed E-state index contributed by atoms with van der Waals surface area (Å²) in [4.78, 5) is 20.3. The van der Waals surface area contributed by atoms with Crippen molar-refractivity contribution in [3.63, 3.8) is 0 Å². The number of aryl methyl sites for hydroxylation is 1. The lowest BCUT2D eigenvalue weighted by molar-refractivity contribution is 0.343. The molecule has 1 aliphatic heterocycles. The molecule has 1 saturated heterocycles. The summed E-state index contributed by atoms with van der Waals surface area (Å²) in [6, 6.07) is 6.38. The first kappa shape index (κ1) is 20.2. The summed E-state index contributed by atoms with van der Waals surface area (Å²) in [5.41, 5.74) is 0.172. The molecule has 3 heterocycles. The molecule has 0 radical (unpaired) electrons. The lowest BCUT2D eigenvalue weighted by atomic mass is 10.2. The van der Waals surface area contributed by atoms with E-state index in [0.29, 0.717) is 10.9 Å². The average molecular weight is 437 g/mol. The number of hydrogen-bond acceptors (Lipinski definition) is 6. The van der Waals surface area contributed by atoms with E-state index in [4.69, 9.17) is 4.74 Å². The molecule has 4 rings (SSSR count). The van der Waals surface area contributed by atoms with E-state index in [0.717, 1.165) is 16.4 Å². The van der Waals surface area contributed by atoms with Crippen LogP contribution < -0.4 is 15.0 Å². The number of nitrogens with zero attached hydrogens (tertiary/aromatic N) is 4. The van der Waals surface area contributed by atoms with E-state index in [9.17, 15) is 22.0 Å². The van der Waals surface area contributed by atoms with Gasteiger partial charge >= 0.3 is 10.2 Å². The molecule has 1 aliphatic rings. The third-order valence-corrected chi connectivity index (χ3v) is 6.02. The summed E-state index contributed by atoms with van der Waals surface area (Å²) >= 11 is 0. The van der Waals surface area contributed by atoms with Crippen LogP contribution in [0.25, 0.3) is 10.9 Å². The van der Waals surface area contributed by atoms with Crippen molar-refractivity contribution >= 4 is 26.9 Å². The fourth-order valence-corrected chi connectivity index (χ4v) is 4.26. The van der Waals surface area contributed by atoms with E-state index in [-0.39, 0.29) is 42.5 Å². The van der Waals surface area contributed by atoms with E-state index < -0.39 is 22.2 Å². The van der Waals surface area contributed by atoms with E-state index >= 15 is 0 Å². The SMILES string of the molecule is Cn1cnc2ccc(Oc3cc(F)cc(NS(=O)(=O)N4CC[C@H](F)C4)n3)cc2c1=O. The Balaban J connectivity index is 1.60. The quantitative estimate of drug-likeness (QED) is 0.654. The summed E-state index contributed by atoms with van der Waals surface area (Å²) < 4.78 is 61.9. The highest BCUT2D eigenvalue weighted by molar-refractivity contribution is 7.90. The predicted molar refractivity (Wildman–Crippen MR) is 105 cm³/mol. The third-order valence-electron chi connectivity index (χ3n) is 4.54. The largest absolute Gasteiger partial charge is 0.439 e. The van der Waals surface area contributed by atoms with Gasteiger partial charge in [0.2, 0.25) is 5.88 Å². The molecule has 0 bridgehead atoms. The Morgan fingerprint density at radius 1 is 1.27 bits per heavy atom. The van der Waals surface area contributed by atoms with E-state index in [2.05, 4.69) is 14.7 Å². The Morgan fingerprint density at radius 2 is 2.07 bits per heavy atom. The number of alkyl halides is 1. The van der Waals surface area contributed by atoms with Crippen LogP contribution in [0.15, 0.2) is 41.5 Å². The first-order valence-corrected chi connectivity index (χ1v) is 10.4. The third kappa shape index (κ3) is 4.09. The van der Waals surface area contributed by atoms with Gasteiger partial charge in [-0.2, -0.15) is 17.7 Å². The van der Waals surface area contributed by atoms with Crippen LogP contribution >= 0.6 is 0 Å². The smallest absolute Gasteiger partial charge is 0.302 e. The summed E-state index contributed by atoms with van der Waals surface area (Å²) in [6.07, 6.45) is 0.252. The Bertz CT molecular complexity index is 1280. The molecule has 9 nitrogen and oxygen atoms in total. The number of benzene rings is 1. The highest BCUT2D eigenvalue weighted by atomic mass is 32.2. The van der Waals surface area contributed by atoms with Crippen LogP contribution in [0.5, 0.6) is 11.6 Å². The van der Waals surface area contributed by atoms with Crippen LogP contribution in [0, 0.1) is 5.82 Å². The molecule has 1 aromatic carbocycles. The average Bonchev–Trinajstić information content (AvgIpc) is 3.12. The topological polar surface area (TPSA) is 106 Å². The van der Waals surface area contributed by atoms with Crippen LogP contribution in [-0.2, 0) is 17.3 Å². The minimum Gasteiger partial charge on any atom is -0.439 e. The van der Waals surface area contributed by atoms with Gasteiger partial charge in [-0.05, 0) is 24.6 Å². The second-order valence-corrected chi connectivity index (χ2v) is 8.47. The van der Waals surface area contributed by atoms with Gasteiger partial charge in [-0.3, -0.25) is 9.52 Å². The second kappa shape index (κ2) is 7.61. The van der Waals surface area contributed by atoms with Crippen molar-refractivity contribution in [1.29, 1.82) is 0 Å². The normalized spacial score (nSPS) is 17.4. The van der Waals surface area contributed by atoms with Gasteiger partial charge < -0.3 is 9.30 Å². The van der Waals surface area contributed by atoms with Crippen molar-refractivity contribution in [2.24, 2.45) is 7.05 Å². The summed E-state index contributed by atoms with van der Waals surface area (Å²) in [5, 5.41) is 0.296. The van der Waals surface area contributed by atoms with E-state index in [1.807, 2.05) is 0 Å². The summed E-state index contributed by atoms with van der Waals surface area (Å²) in [7, 11) is -2.53. The van der Waals surface area contributed by atoms with E-state index in [1.165, 1.54) is 23.0 Å². The molecule has 1 fully saturated rings. The molecule has 3 aromatic rings. The lowest BCUT2D eigenvalue weighted by Crippen LogP contribution is -2.34. The standard InChI is InChI=1S/C18H17F2N5O4S/c1-24-10-21-15-3-2-13(8-14(15)18(24)26)29-17-7-12(20)6-16(22-17)23-30(27,28)25-5-4-11(19)9-25/h2-3,6-8,10-11H,4-5,9H2,1H3,(H,22,23)/t11-/m0/s1. The van der Waals surface area contributed by atoms with E-state index in [1.54, 1.807) is 13.1 Å². The van der Waals surface area contributed by atoms with Gasteiger partial charge in [-0.15, -0.1) is 0 Å². The van der Waals surface area contributed by atoms with Crippen molar-refractivity contribution in [2.45, 2.75) is 12.6 Å². The second-order valence-electron chi connectivity index (χ2n) is 6.80. The number of halogens is 2. The van der Waals surface area contributed by atoms with Crippen LogP contribution in [0.2, 0.25) is 0 Å². The lowest BCUT2D eigenvalue weighted by Gasteiger charge is -2.16.